The molecule has 0 aliphatic heterocycles. The van der Waals surface area contributed by atoms with Crippen LogP contribution in [-0.2, 0) is 6.54 Å². The average molecular weight is 266 g/mol. The van der Waals surface area contributed by atoms with Gasteiger partial charge < -0.3 is 9.73 Å². The molecule has 0 bridgehead atoms. The van der Waals surface area contributed by atoms with Crippen LogP contribution in [0.25, 0.3) is 0 Å². The molecule has 1 N–H and O–H groups in total. The van der Waals surface area contributed by atoms with Crippen LogP contribution in [-0.4, -0.2) is 4.98 Å². The summed E-state index contributed by atoms with van der Waals surface area (Å²) in [6.45, 7) is 5.91. The molecular formula is C14H16F2N2O. The zero-order valence-corrected chi connectivity index (χ0v) is 11.1. The van der Waals surface area contributed by atoms with Gasteiger partial charge in [0.25, 0.3) is 0 Å². The van der Waals surface area contributed by atoms with Gasteiger partial charge in [-0.25, -0.2) is 13.8 Å². The van der Waals surface area contributed by atoms with E-state index in [2.05, 4.69) is 10.3 Å². The van der Waals surface area contributed by atoms with Crippen molar-refractivity contribution in [2.24, 2.45) is 0 Å². The maximum absolute atomic E-state index is 13.6. The lowest BCUT2D eigenvalue weighted by Crippen LogP contribution is -2.19. The molecule has 2 aromatic rings. The summed E-state index contributed by atoms with van der Waals surface area (Å²) in [4.78, 5) is 4.23. The number of aryl methyl sites for hydroxylation is 2. The largest absolute Gasteiger partial charge is 0.444 e. The highest BCUT2D eigenvalue weighted by atomic mass is 19.1. The Kier molecular flexibility index (Phi) is 3.95. The van der Waals surface area contributed by atoms with Crippen LogP contribution in [0.15, 0.2) is 22.6 Å². The Hall–Kier alpha value is -1.75. The molecule has 2 rings (SSSR count). The van der Waals surface area contributed by atoms with Crippen molar-refractivity contribution in [3.05, 3.63) is 52.7 Å². The number of halogens is 2. The first-order valence-corrected chi connectivity index (χ1v) is 6.08. The molecule has 0 amide bonds. The molecular weight excluding hydrogens is 250 g/mol. The first kappa shape index (κ1) is 13.7. The van der Waals surface area contributed by atoms with Crippen molar-refractivity contribution < 1.29 is 13.2 Å². The molecule has 3 nitrogen and oxygen atoms in total. The minimum atomic E-state index is -0.576. The Labute approximate surface area is 110 Å². The molecule has 102 valence electrons. The van der Waals surface area contributed by atoms with E-state index in [9.17, 15) is 8.78 Å². The molecule has 19 heavy (non-hydrogen) atoms. The number of oxazole rings is 1. The smallest absolute Gasteiger partial charge is 0.208 e. The fourth-order valence-corrected chi connectivity index (χ4v) is 1.82. The van der Waals surface area contributed by atoms with E-state index in [1.54, 1.807) is 6.92 Å². The molecule has 5 heteroatoms. The Morgan fingerprint density at radius 2 is 2.05 bits per heavy atom. The van der Waals surface area contributed by atoms with Crippen molar-refractivity contribution in [3.8, 4) is 0 Å². The molecule has 0 aliphatic rings. The van der Waals surface area contributed by atoms with Crippen LogP contribution in [0.4, 0.5) is 8.78 Å². The Morgan fingerprint density at radius 1 is 1.32 bits per heavy atom. The van der Waals surface area contributed by atoms with Crippen LogP contribution in [0.5, 0.6) is 0 Å². The van der Waals surface area contributed by atoms with Gasteiger partial charge in [-0.3, -0.25) is 0 Å². The molecule has 1 unspecified atom stereocenters. The monoisotopic (exact) mass is 266 g/mol. The fraction of sp³-hybridized carbons (Fsp3) is 0.357. The molecule has 1 atom stereocenters. The van der Waals surface area contributed by atoms with E-state index in [1.807, 2.05) is 13.8 Å². The second-order valence-electron chi connectivity index (χ2n) is 4.52. The summed E-state index contributed by atoms with van der Waals surface area (Å²) in [6, 6.07) is 3.31. The van der Waals surface area contributed by atoms with Crippen molar-refractivity contribution in [2.75, 3.05) is 0 Å². The van der Waals surface area contributed by atoms with Crippen LogP contribution in [0.2, 0.25) is 0 Å². The van der Waals surface area contributed by atoms with Gasteiger partial charge in [0.1, 0.15) is 17.4 Å². The molecule has 0 aliphatic carbocycles. The van der Waals surface area contributed by atoms with E-state index < -0.39 is 11.6 Å². The van der Waals surface area contributed by atoms with Crippen LogP contribution in [0.1, 0.15) is 35.9 Å². The average Bonchev–Trinajstić information content (AvgIpc) is 2.66. The molecule has 0 spiro atoms. The Morgan fingerprint density at radius 3 is 2.63 bits per heavy atom. The van der Waals surface area contributed by atoms with Crippen LogP contribution in [0.3, 0.4) is 0 Å². The fourth-order valence-electron chi connectivity index (χ4n) is 1.82. The molecule has 1 heterocycles. The van der Waals surface area contributed by atoms with E-state index in [4.69, 9.17) is 4.42 Å². The maximum Gasteiger partial charge on any atom is 0.208 e. The highest BCUT2D eigenvalue weighted by Crippen LogP contribution is 2.18. The summed E-state index contributed by atoms with van der Waals surface area (Å²) in [7, 11) is 0. The molecule has 0 saturated heterocycles. The summed E-state index contributed by atoms with van der Waals surface area (Å²) in [6.07, 6.45) is 0. The van der Waals surface area contributed by atoms with Gasteiger partial charge in [0.15, 0.2) is 0 Å². The summed E-state index contributed by atoms with van der Waals surface area (Å²) >= 11 is 0. The first-order valence-electron chi connectivity index (χ1n) is 6.08. The van der Waals surface area contributed by atoms with Gasteiger partial charge in [-0.2, -0.15) is 0 Å². The minimum absolute atomic E-state index is 0.256. The summed E-state index contributed by atoms with van der Waals surface area (Å²) in [5.74, 6) is 0.203. The summed E-state index contributed by atoms with van der Waals surface area (Å²) in [5.41, 5.74) is 1.26. The number of nitrogens with zero attached hydrogens (tertiary/aromatic N) is 1. The molecule has 0 radical (unpaired) electrons. The Balaban J connectivity index is 2.03. The van der Waals surface area contributed by atoms with Crippen LogP contribution < -0.4 is 5.32 Å². The highest BCUT2D eigenvalue weighted by Gasteiger charge is 2.13. The van der Waals surface area contributed by atoms with Gasteiger partial charge in [-0.05, 0) is 26.8 Å². The quantitative estimate of drug-likeness (QED) is 0.921. The van der Waals surface area contributed by atoms with Gasteiger partial charge in [0.2, 0.25) is 5.89 Å². The standard InChI is InChI=1S/C14H16F2N2O/c1-8-10(3)19-14(18-8)7-17-9(2)12-5-4-11(15)6-13(12)16/h4-6,9,17H,7H2,1-3H3. The third-order valence-corrected chi connectivity index (χ3v) is 3.06. The van der Waals surface area contributed by atoms with E-state index in [0.717, 1.165) is 17.5 Å². The Bertz CT molecular complexity index is 561. The molecule has 1 aromatic heterocycles. The number of hydrogen-bond donors (Lipinski definition) is 1. The molecule has 1 aromatic carbocycles. The van der Waals surface area contributed by atoms with Crippen LogP contribution >= 0.6 is 0 Å². The first-order chi connectivity index (χ1) is 8.97. The normalized spacial score (nSPS) is 12.7. The van der Waals surface area contributed by atoms with Gasteiger partial charge >= 0.3 is 0 Å². The van der Waals surface area contributed by atoms with Crippen LogP contribution in [0, 0.1) is 25.5 Å². The van der Waals surface area contributed by atoms with Gasteiger partial charge in [-0.15, -0.1) is 0 Å². The van der Waals surface area contributed by atoms with E-state index in [1.165, 1.54) is 12.1 Å². The number of aromatic nitrogens is 1. The lowest BCUT2D eigenvalue weighted by molar-refractivity contribution is 0.426. The summed E-state index contributed by atoms with van der Waals surface area (Å²) in [5, 5.41) is 3.10. The number of hydrogen-bond acceptors (Lipinski definition) is 3. The van der Waals surface area contributed by atoms with Gasteiger partial charge in [0, 0.05) is 17.7 Å². The van der Waals surface area contributed by atoms with Crippen molar-refractivity contribution >= 4 is 0 Å². The predicted molar refractivity (Wildman–Crippen MR) is 67.6 cm³/mol. The zero-order valence-electron chi connectivity index (χ0n) is 11.1. The SMILES string of the molecule is Cc1nc(CNC(C)c2ccc(F)cc2F)oc1C. The zero-order chi connectivity index (χ0) is 14.0. The predicted octanol–water partition coefficient (Wildman–Crippen LogP) is 3.42. The van der Waals surface area contributed by atoms with Crippen molar-refractivity contribution in [3.63, 3.8) is 0 Å². The third kappa shape index (κ3) is 3.17. The van der Waals surface area contributed by atoms with E-state index >= 15 is 0 Å². The van der Waals surface area contributed by atoms with E-state index in [-0.39, 0.29) is 6.04 Å². The number of rotatable bonds is 4. The maximum atomic E-state index is 13.6. The second-order valence-corrected chi connectivity index (χ2v) is 4.52. The third-order valence-electron chi connectivity index (χ3n) is 3.06. The van der Waals surface area contributed by atoms with Gasteiger partial charge in [0.05, 0.1) is 12.2 Å². The van der Waals surface area contributed by atoms with E-state index in [0.29, 0.717) is 18.0 Å². The van der Waals surface area contributed by atoms with Crippen molar-refractivity contribution in [1.82, 2.24) is 10.3 Å². The van der Waals surface area contributed by atoms with Crippen molar-refractivity contribution in [1.29, 1.82) is 0 Å². The number of benzene rings is 1. The second kappa shape index (κ2) is 5.48. The van der Waals surface area contributed by atoms with Gasteiger partial charge in [-0.1, -0.05) is 6.07 Å². The number of nitrogens with one attached hydrogen (secondary N) is 1. The summed E-state index contributed by atoms with van der Waals surface area (Å²) < 4.78 is 31.8. The van der Waals surface area contributed by atoms with Crippen molar-refractivity contribution in [2.45, 2.75) is 33.4 Å². The lowest BCUT2D eigenvalue weighted by atomic mass is 10.1. The minimum Gasteiger partial charge on any atom is -0.444 e. The topological polar surface area (TPSA) is 38.1 Å². The molecule has 0 saturated carbocycles. The highest BCUT2D eigenvalue weighted by molar-refractivity contribution is 5.21. The lowest BCUT2D eigenvalue weighted by Gasteiger charge is -2.13. The molecule has 0 fully saturated rings.